The fourth-order valence-corrected chi connectivity index (χ4v) is 3.57. The lowest BCUT2D eigenvalue weighted by Crippen LogP contribution is -2.44. The summed E-state index contributed by atoms with van der Waals surface area (Å²) >= 11 is 0. The Balaban J connectivity index is 1.57. The maximum Gasteiger partial charge on any atom is 0.191 e. The van der Waals surface area contributed by atoms with Crippen molar-refractivity contribution in [2.75, 3.05) is 47.3 Å². The smallest absolute Gasteiger partial charge is 0.191 e. The number of hydrogen-bond acceptors (Lipinski definition) is 5. The lowest BCUT2D eigenvalue weighted by atomic mass is 10.2. The summed E-state index contributed by atoms with van der Waals surface area (Å²) in [6.07, 6.45) is 5.95. The average molecular weight is 374 g/mol. The molecule has 2 aromatic rings. The van der Waals surface area contributed by atoms with E-state index in [1.54, 1.807) is 19.6 Å². The van der Waals surface area contributed by atoms with E-state index < -0.39 is 0 Å². The summed E-state index contributed by atoms with van der Waals surface area (Å²) in [5.41, 5.74) is 0. The quantitative estimate of drug-likeness (QED) is 0.547. The maximum absolute atomic E-state index is 5.69. The van der Waals surface area contributed by atoms with Crippen LogP contribution in [0.3, 0.4) is 0 Å². The van der Waals surface area contributed by atoms with Crippen molar-refractivity contribution in [3.05, 3.63) is 48.3 Å². The van der Waals surface area contributed by atoms with Crippen molar-refractivity contribution in [3.8, 4) is 0 Å². The molecule has 2 N–H and O–H groups in total. The van der Waals surface area contributed by atoms with E-state index in [-0.39, 0.29) is 12.1 Å². The highest BCUT2D eigenvalue weighted by Gasteiger charge is 2.26. The van der Waals surface area contributed by atoms with Gasteiger partial charge in [-0.15, -0.1) is 0 Å². The van der Waals surface area contributed by atoms with Crippen molar-refractivity contribution >= 4 is 5.96 Å². The number of likely N-dealkylation sites (tertiary alicyclic amines) is 1. The molecule has 0 aliphatic carbocycles. The molecule has 0 aromatic carbocycles. The molecular weight excluding hydrogens is 342 g/mol. The molecule has 3 rings (SSSR count). The van der Waals surface area contributed by atoms with Gasteiger partial charge in [0.05, 0.1) is 24.6 Å². The molecule has 2 aromatic heterocycles. The van der Waals surface area contributed by atoms with E-state index >= 15 is 0 Å². The van der Waals surface area contributed by atoms with Crippen molar-refractivity contribution in [1.82, 2.24) is 20.4 Å². The Labute approximate surface area is 161 Å². The summed E-state index contributed by atoms with van der Waals surface area (Å²) in [6, 6.07) is 8.29. The predicted molar refractivity (Wildman–Crippen MR) is 107 cm³/mol. The minimum Gasteiger partial charge on any atom is -0.468 e. The first-order valence-electron chi connectivity index (χ1n) is 9.61. The lowest BCUT2D eigenvalue weighted by molar-refractivity contribution is 0.215. The molecule has 27 heavy (non-hydrogen) atoms. The van der Waals surface area contributed by atoms with Crippen molar-refractivity contribution in [1.29, 1.82) is 0 Å². The molecular formula is C20H31N5O2. The van der Waals surface area contributed by atoms with Crippen molar-refractivity contribution < 1.29 is 8.83 Å². The number of furan rings is 2. The van der Waals surface area contributed by atoms with Crippen LogP contribution in [0.1, 0.15) is 36.4 Å². The predicted octanol–water partition coefficient (Wildman–Crippen LogP) is 2.48. The number of hydrogen-bond donors (Lipinski definition) is 2. The van der Waals surface area contributed by atoms with Crippen LogP contribution in [-0.4, -0.2) is 63.1 Å². The minimum absolute atomic E-state index is 0.137. The molecule has 0 radical (unpaired) electrons. The van der Waals surface area contributed by atoms with Gasteiger partial charge in [-0.2, -0.15) is 0 Å². The molecule has 1 saturated heterocycles. The Bertz CT molecular complexity index is 675. The van der Waals surface area contributed by atoms with Gasteiger partial charge in [0.1, 0.15) is 11.5 Å². The Morgan fingerprint density at radius 2 is 1.70 bits per heavy atom. The van der Waals surface area contributed by atoms with Gasteiger partial charge in [-0.05, 0) is 64.3 Å². The van der Waals surface area contributed by atoms with E-state index in [1.165, 1.54) is 12.8 Å². The number of nitrogens with zero attached hydrogens (tertiary/aromatic N) is 3. The zero-order chi connectivity index (χ0) is 19.1. The standard InChI is InChI=1S/C20H31N5O2/c1-21-20(22-14-16(24(2)3)18-8-6-12-26-18)23-15-17(19-9-7-13-27-19)25-10-4-5-11-25/h6-9,12-13,16-17H,4-5,10-11,14-15H2,1-3H3,(H2,21,22,23). The molecule has 148 valence electrons. The van der Waals surface area contributed by atoms with E-state index in [0.29, 0.717) is 6.54 Å². The molecule has 7 nitrogen and oxygen atoms in total. The monoisotopic (exact) mass is 373 g/mol. The fraction of sp³-hybridized carbons (Fsp3) is 0.550. The van der Waals surface area contributed by atoms with Gasteiger partial charge < -0.3 is 19.5 Å². The van der Waals surface area contributed by atoms with Gasteiger partial charge in [0.2, 0.25) is 0 Å². The van der Waals surface area contributed by atoms with Crippen LogP contribution in [0, 0.1) is 0 Å². The summed E-state index contributed by atoms with van der Waals surface area (Å²) in [5, 5.41) is 6.88. The number of guanidine groups is 1. The van der Waals surface area contributed by atoms with Crippen LogP contribution in [0.5, 0.6) is 0 Å². The zero-order valence-corrected chi connectivity index (χ0v) is 16.5. The van der Waals surface area contributed by atoms with Crippen molar-refractivity contribution in [2.24, 2.45) is 4.99 Å². The molecule has 1 aliphatic rings. The zero-order valence-electron chi connectivity index (χ0n) is 16.5. The molecule has 0 amide bonds. The second-order valence-corrected chi connectivity index (χ2v) is 7.10. The second-order valence-electron chi connectivity index (χ2n) is 7.10. The largest absolute Gasteiger partial charge is 0.468 e. The van der Waals surface area contributed by atoms with Crippen LogP contribution in [0.15, 0.2) is 50.6 Å². The number of likely N-dealkylation sites (N-methyl/N-ethyl adjacent to an activating group) is 1. The van der Waals surface area contributed by atoms with Crippen LogP contribution >= 0.6 is 0 Å². The summed E-state index contributed by atoms with van der Waals surface area (Å²) < 4.78 is 11.3. The van der Waals surface area contributed by atoms with Gasteiger partial charge in [0.15, 0.2) is 5.96 Å². The van der Waals surface area contributed by atoms with E-state index in [9.17, 15) is 0 Å². The highest BCUT2D eigenvalue weighted by molar-refractivity contribution is 5.79. The fourth-order valence-electron chi connectivity index (χ4n) is 3.57. The topological polar surface area (TPSA) is 69.2 Å². The summed E-state index contributed by atoms with van der Waals surface area (Å²) in [7, 11) is 5.89. The molecule has 2 atom stereocenters. The number of rotatable bonds is 8. The van der Waals surface area contributed by atoms with E-state index in [4.69, 9.17) is 8.83 Å². The second kappa shape index (κ2) is 9.62. The highest BCUT2D eigenvalue weighted by atomic mass is 16.3. The molecule has 1 aliphatic heterocycles. The Kier molecular flexibility index (Phi) is 6.95. The Morgan fingerprint density at radius 3 is 2.26 bits per heavy atom. The normalized spacial score (nSPS) is 18.0. The SMILES string of the molecule is CN=C(NCC(c1ccco1)N(C)C)NCC(c1ccco1)N1CCCC1. The minimum atomic E-state index is 0.137. The van der Waals surface area contributed by atoms with Gasteiger partial charge in [0.25, 0.3) is 0 Å². The van der Waals surface area contributed by atoms with E-state index in [0.717, 1.165) is 37.1 Å². The molecule has 0 spiro atoms. The van der Waals surface area contributed by atoms with Gasteiger partial charge in [-0.1, -0.05) is 0 Å². The van der Waals surface area contributed by atoms with Crippen LogP contribution in [-0.2, 0) is 0 Å². The van der Waals surface area contributed by atoms with Crippen molar-refractivity contribution in [3.63, 3.8) is 0 Å². The number of nitrogens with one attached hydrogen (secondary N) is 2. The van der Waals surface area contributed by atoms with Gasteiger partial charge in [0, 0.05) is 20.1 Å². The molecule has 0 bridgehead atoms. The molecule has 1 fully saturated rings. The maximum atomic E-state index is 5.69. The van der Waals surface area contributed by atoms with E-state index in [1.807, 2.05) is 32.3 Å². The number of aliphatic imine (C=N–C) groups is 1. The third kappa shape index (κ3) is 5.14. The van der Waals surface area contributed by atoms with Gasteiger partial charge in [-0.3, -0.25) is 14.8 Å². The van der Waals surface area contributed by atoms with Gasteiger partial charge >= 0.3 is 0 Å². The van der Waals surface area contributed by atoms with E-state index in [2.05, 4.69) is 31.5 Å². The third-order valence-corrected chi connectivity index (χ3v) is 5.10. The Hall–Kier alpha value is -2.25. The lowest BCUT2D eigenvalue weighted by Gasteiger charge is -2.27. The highest BCUT2D eigenvalue weighted by Crippen LogP contribution is 2.24. The third-order valence-electron chi connectivity index (χ3n) is 5.10. The first-order valence-corrected chi connectivity index (χ1v) is 9.61. The van der Waals surface area contributed by atoms with Crippen LogP contribution in [0.4, 0.5) is 0 Å². The summed E-state index contributed by atoms with van der Waals surface area (Å²) in [5.74, 6) is 2.72. The molecule has 7 heteroatoms. The summed E-state index contributed by atoms with van der Waals surface area (Å²) in [4.78, 5) is 8.99. The molecule has 3 heterocycles. The van der Waals surface area contributed by atoms with Gasteiger partial charge in [-0.25, -0.2) is 0 Å². The van der Waals surface area contributed by atoms with Crippen LogP contribution in [0.2, 0.25) is 0 Å². The molecule has 0 saturated carbocycles. The van der Waals surface area contributed by atoms with Crippen LogP contribution in [0.25, 0.3) is 0 Å². The first kappa shape index (κ1) is 19.5. The average Bonchev–Trinajstić information content (AvgIpc) is 3.43. The van der Waals surface area contributed by atoms with Crippen molar-refractivity contribution in [2.45, 2.75) is 24.9 Å². The summed E-state index contributed by atoms with van der Waals surface area (Å²) in [6.45, 7) is 3.68. The Morgan fingerprint density at radius 1 is 1.07 bits per heavy atom. The molecule has 2 unspecified atom stereocenters. The van der Waals surface area contributed by atoms with Crippen LogP contribution < -0.4 is 10.6 Å². The first-order chi connectivity index (χ1) is 13.2.